The Kier molecular flexibility index (Phi) is 5.15. The Morgan fingerprint density at radius 2 is 1.86 bits per heavy atom. The highest BCUT2D eigenvalue weighted by Gasteiger charge is 2.12. The first-order chi connectivity index (χ1) is 10.2. The van der Waals surface area contributed by atoms with Crippen LogP contribution in [0.1, 0.15) is 37.7 Å². The molecule has 1 unspecified atom stereocenters. The summed E-state index contributed by atoms with van der Waals surface area (Å²) in [5.41, 5.74) is 7.33. The molecule has 108 valence electrons. The summed E-state index contributed by atoms with van der Waals surface area (Å²) in [6, 6.07) is 11.4. The van der Waals surface area contributed by atoms with E-state index in [9.17, 15) is 0 Å². The van der Waals surface area contributed by atoms with E-state index in [-0.39, 0.29) is 6.04 Å². The second-order valence-corrected chi connectivity index (χ2v) is 4.60. The van der Waals surface area contributed by atoms with Gasteiger partial charge in [0.1, 0.15) is 5.69 Å². The molecule has 2 aromatic rings. The summed E-state index contributed by atoms with van der Waals surface area (Å²) >= 11 is 0. The van der Waals surface area contributed by atoms with Crippen molar-refractivity contribution in [3.63, 3.8) is 0 Å². The highest BCUT2D eigenvalue weighted by molar-refractivity contribution is 6.04. The molecular formula is C16H19N5. The minimum atomic E-state index is -0.0636. The van der Waals surface area contributed by atoms with E-state index in [4.69, 9.17) is 10.7 Å². The maximum atomic E-state index is 5.71. The molecule has 0 aliphatic carbocycles. The van der Waals surface area contributed by atoms with Crippen molar-refractivity contribution in [2.75, 3.05) is 0 Å². The Balaban J connectivity index is 2.42. The fourth-order valence-electron chi connectivity index (χ4n) is 1.90. The Morgan fingerprint density at radius 1 is 1.14 bits per heavy atom. The van der Waals surface area contributed by atoms with Crippen molar-refractivity contribution >= 4 is 11.7 Å². The van der Waals surface area contributed by atoms with Crippen LogP contribution in [0.25, 0.3) is 0 Å². The van der Waals surface area contributed by atoms with Crippen molar-refractivity contribution in [3.05, 3.63) is 60.2 Å². The molecule has 5 heteroatoms. The van der Waals surface area contributed by atoms with E-state index in [2.05, 4.69) is 21.9 Å². The Bertz CT molecular complexity index is 616. The predicted octanol–water partition coefficient (Wildman–Crippen LogP) is 2.75. The first-order valence-corrected chi connectivity index (χ1v) is 6.91. The van der Waals surface area contributed by atoms with Gasteiger partial charge in [-0.05, 0) is 37.6 Å². The van der Waals surface area contributed by atoms with E-state index in [0.29, 0.717) is 17.4 Å². The molecule has 2 N–H and O–H groups in total. The number of nitrogens with zero attached hydrogens (tertiary/aromatic N) is 4. The monoisotopic (exact) mass is 281 g/mol. The zero-order valence-electron chi connectivity index (χ0n) is 12.3. The van der Waals surface area contributed by atoms with Crippen LogP contribution < -0.4 is 5.73 Å². The van der Waals surface area contributed by atoms with E-state index in [0.717, 1.165) is 12.1 Å². The second-order valence-electron chi connectivity index (χ2n) is 4.60. The van der Waals surface area contributed by atoms with Crippen molar-refractivity contribution in [3.8, 4) is 0 Å². The van der Waals surface area contributed by atoms with Gasteiger partial charge in [-0.3, -0.25) is 15.0 Å². The molecule has 0 amide bonds. The number of aromatic nitrogens is 2. The van der Waals surface area contributed by atoms with Crippen LogP contribution in [0.15, 0.2) is 58.8 Å². The first-order valence-electron chi connectivity index (χ1n) is 6.91. The van der Waals surface area contributed by atoms with Crippen LogP contribution in [0.3, 0.4) is 0 Å². The Hall–Kier alpha value is -2.56. The van der Waals surface area contributed by atoms with Crippen LogP contribution in [0, 0.1) is 0 Å². The summed E-state index contributed by atoms with van der Waals surface area (Å²) in [5, 5.41) is 0. The third-order valence-electron chi connectivity index (χ3n) is 2.87. The third kappa shape index (κ3) is 4.21. The first kappa shape index (κ1) is 14.8. The fourth-order valence-corrected chi connectivity index (χ4v) is 1.90. The van der Waals surface area contributed by atoms with E-state index in [1.807, 2.05) is 36.4 Å². The summed E-state index contributed by atoms with van der Waals surface area (Å²) < 4.78 is 0. The van der Waals surface area contributed by atoms with Crippen LogP contribution in [0.4, 0.5) is 0 Å². The number of nitrogens with two attached hydrogens (primary N) is 1. The van der Waals surface area contributed by atoms with E-state index in [1.165, 1.54) is 0 Å². The molecule has 1 atom stereocenters. The summed E-state index contributed by atoms with van der Waals surface area (Å²) in [5.74, 6) is 0.989. The maximum absolute atomic E-state index is 5.71. The van der Waals surface area contributed by atoms with Gasteiger partial charge in [-0.1, -0.05) is 19.1 Å². The van der Waals surface area contributed by atoms with Gasteiger partial charge in [0.15, 0.2) is 5.84 Å². The second kappa shape index (κ2) is 7.28. The van der Waals surface area contributed by atoms with Crippen molar-refractivity contribution in [1.29, 1.82) is 0 Å². The number of hydrogen-bond acceptors (Lipinski definition) is 3. The predicted molar refractivity (Wildman–Crippen MR) is 85.3 cm³/mol. The van der Waals surface area contributed by atoms with Crippen molar-refractivity contribution < 1.29 is 0 Å². The van der Waals surface area contributed by atoms with Crippen molar-refractivity contribution in [1.82, 2.24) is 9.97 Å². The molecule has 0 saturated heterocycles. The number of hydrogen-bond donors (Lipinski definition) is 1. The SMILES string of the molecule is CCC(N=C(N=C(C)N)c1ccccn1)c1ccccn1. The lowest BCUT2D eigenvalue weighted by Crippen LogP contribution is -2.12. The fraction of sp³-hybridized carbons (Fsp3) is 0.250. The van der Waals surface area contributed by atoms with E-state index < -0.39 is 0 Å². The molecule has 0 saturated carbocycles. The molecule has 0 aliphatic heterocycles. The van der Waals surface area contributed by atoms with Gasteiger partial charge in [-0.15, -0.1) is 0 Å². The molecule has 2 rings (SSSR count). The number of amidine groups is 2. The molecule has 0 aliphatic rings. The molecule has 0 aromatic carbocycles. The van der Waals surface area contributed by atoms with Gasteiger partial charge in [-0.2, -0.15) is 0 Å². The normalized spacial score (nSPS) is 14.0. The standard InChI is InChI=1S/C16H19N5/c1-3-13(14-8-4-6-10-18-14)21-16(20-12(2)17)15-9-5-7-11-19-15/h4-11,13H,3H2,1-2H3,(H2,17,20,21). The molecule has 0 fully saturated rings. The highest BCUT2D eigenvalue weighted by Crippen LogP contribution is 2.20. The summed E-state index contributed by atoms with van der Waals surface area (Å²) in [4.78, 5) is 17.7. The zero-order valence-corrected chi connectivity index (χ0v) is 12.3. The van der Waals surface area contributed by atoms with E-state index in [1.54, 1.807) is 19.3 Å². The molecule has 21 heavy (non-hydrogen) atoms. The molecule has 5 nitrogen and oxygen atoms in total. The largest absolute Gasteiger partial charge is 0.387 e. The lowest BCUT2D eigenvalue weighted by atomic mass is 10.1. The molecule has 0 radical (unpaired) electrons. The molecular weight excluding hydrogens is 262 g/mol. The van der Waals surface area contributed by atoms with Gasteiger partial charge in [-0.25, -0.2) is 4.99 Å². The van der Waals surface area contributed by atoms with Gasteiger partial charge in [0.25, 0.3) is 0 Å². The average molecular weight is 281 g/mol. The summed E-state index contributed by atoms with van der Waals surface area (Å²) in [6.45, 7) is 3.80. The highest BCUT2D eigenvalue weighted by atomic mass is 15.0. The summed E-state index contributed by atoms with van der Waals surface area (Å²) in [6.07, 6.45) is 4.31. The maximum Gasteiger partial charge on any atom is 0.175 e. The number of aliphatic imine (C=N–C) groups is 2. The van der Waals surface area contributed by atoms with Crippen LogP contribution in [0.2, 0.25) is 0 Å². The van der Waals surface area contributed by atoms with Gasteiger partial charge in [0.2, 0.25) is 0 Å². The van der Waals surface area contributed by atoms with Gasteiger partial charge >= 0.3 is 0 Å². The molecule has 2 aromatic heterocycles. The minimum absolute atomic E-state index is 0.0636. The molecule has 2 heterocycles. The lowest BCUT2D eigenvalue weighted by Gasteiger charge is -2.11. The van der Waals surface area contributed by atoms with Gasteiger partial charge in [0, 0.05) is 12.4 Å². The van der Waals surface area contributed by atoms with Crippen LogP contribution in [-0.4, -0.2) is 21.6 Å². The van der Waals surface area contributed by atoms with E-state index >= 15 is 0 Å². The lowest BCUT2D eigenvalue weighted by molar-refractivity contribution is 0.677. The average Bonchev–Trinajstić information content (AvgIpc) is 2.52. The summed E-state index contributed by atoms with van der Waals surface area (Å²) in [7, 11) is 0. The Morgan fingerprint density at radius 3 is 2.38 bits per heavy atom. The van der Waals surface area contributed by atoms with Crippen LogP contribution in [-0.2, 0) is 0 Å². The van der Waals surface area contributed by atoms with Crippen molar-refractivity contribution in [2.45, 2.75) is 26.3 Å². The van der Waals surface area contributed by atoms with Crippen LogP contribution >= 0.6 is 0 Å². The minimum Gasteiger partial charge on any atom is -0.387 e. The molecule has 0 spiro atoms. The smallest absolute Gasteiger partial charge is 0.175 e. The number of rotatable bonds is 4. The topological polar surface area (TPSA) is 76.5 Å². The quantitative estimate of drug-likeness (QED) is 0.691. The Labute approximate surface area is 124 Å². The van der Waals surface area contributed by atoms with Gasteiger partial charge in [0.05, 0.1) is 17.6 Å². The zero-order chi connectivity index (χ0) is 15.1. The number of pyridine rings is 2. The molecule has 0 bridgehead atoms. The van der Waals surface area contributed by atoms with Crippen molar-refractivity contribution in [2.24, 2.45) is 15.7 Å². The third-order valence-corrected chi connectivity index (χ3v) is 2.87. The van der Waals surface area contributed by atoms with Gasteiger partial charge < -0.3 is 5.73 Å². The van der Waals surface area contributed by atoms with Crippen LogP contribution in [0.5, 0.6) is 0 Å².